The molecule has 4 bridgehead atoms. The van der Waals surface area contributed by atoms with Gasteiger partial charge in [-0.1, -0.05) is 13.5 Å². The summed E-state index contributed by atoms with van der Waals surface area (Å²) in [6.07, 6.45) is 7.89. The highest BCUT2D eigenvalue weighted by atomic mass is 16.6. The summed E-state index contributed by atoms with van der Waals surface area (Å²) in [5.41, 5.74) is -0.539. The van der Waals surface area contributed by atoms with Gasteiger partial charge in [0, 0.05) is 17.9 Å². The number of esters is 1. The van der Waals surface area contributed by atoms with E-state index in [0.717, 1.165) is 43.9 Å². The molecule has 0 aromatic rings. The Morgan fingerprint density at radius 1 is 1.35 bits per heavy atom. The summed E-state index contributed by atoms with van der Waals surface area (Å²) in [6.45, 7) is 5.56. The van der Waals surface area contributed by atoms with Gasteiger partial charge in [0.25, 0.3) is 0 Å². The first-order valence-electron chi connectivity index (χ1n) is 7.89. The Bertz CT molecular complexity index is 434. The molecule has 0 aromatic carbocycles. The third kappa shape index (κ3) is 1.81. The van der Waals surface area contributed by atoms with E-state index in [1.54, 1.807) is 0 Å². The van der Waals surface area contributed by atoms with Gasteiger partial charge in [0.2, 0.25) is 0 Å². The minimum Gasteiger partial charge on any atom is -0.454 e. The second-order valence-electron chi connectivity index (χ2n) is 6.87. The van der Waals surface area contributed by atoms with Crippen LogP contribution in [0.4, 0.5) is 0 Å². The quantitative estimate of drug-likeness (QED) is 0.582. The first-order chi connectivity index (χ1) is 9.63. The largest absolute Gasteiger partial charge is 0.454 e. The molecule has 0 spiro atoms. The molecule has 0 aliphatic heterocycles. The molecular formula is C17H23NO2. The first-order valence-corrected chi connectivity index (χ1v) is 7.89. The molecule has 4 saturated carbocycles. The van der Waals surface area contributed by atoms with Gasteiger partial charge in [0.05, 0.1) is 12.0 Å². The van der Waals surface area contributed by atoms with Gasteiger partial charge in [-0.15, -0.1) is 0 Å². The molecule has 108 valence electrons. The summed E-state index contributed by atoms with van der Waals surface area (Å²) in [5, 5.41) is 9.59. The Morgan fingerprint density at radius 3 is 2.30 bits per heavy atom. The predicted octanol–water partition coefficient (Wildman–Crippen LogP) is 3.46. The number of hydrogen-bond acceptors (Lipinski definition) is 3. The van der Waals surface area contributed by atoms with Gasteiger partial charge < -0.3 is 4.74 Å². The van der Waals surface area contributed by atoms with Gasteiger partial charge in [-0.3, -0.25) is 0 Å². The maximum absolute atomic E-state index is 11.9. The summed E-state index contributed by atoms with van der Waals surface area (Å²) in [6, 6.07) is 2.44. The lowest BCUT2D eigenvalue weighted by atomic mass is 9.47. The van der Waals surface area contributed by atoms with Crippen molar-refractivity contribution in [2.75, 3.05) is 0 Å². The topological polar surface area (TPSA) is 50.1 Å². The molecule has 0 N–H and O–H groups in total. The van der Waals surface area contributed by atoms with E-state index in [1.165, 1.54) is 12.5 Å². The Balaban J connectivity index is 1.99. The zero-order valence-electron chi connectivity index (χ0n) is 12.2. The highest BCUT2D eigenvalue weighted by Crippen LogP contribution is 2.62. The van der Waals surface area contributed by atoms with Crippen LogP contribution in [0, 0.1) is 40.9 Å². The number of nitriles is 1. The Kier molecular flexibility index (Phi) is 3.36. The lowest BCUT2D eigenvalue weighted by molar-refractivity contribution is -0.218. The van der Waals surface area contributed by atoms with Gasteiger partial charge in [0.15, 0.2) is 0 Å². The highest BCUT2D eigenvalue weighted by Gasteiger charge is 2.62. The monoisotopic (exact) mass is 273 g/mol. The first kappa shape index (κ1) is 13.7. The number of rotatable bonds is 4. The number of hydrogen-bond donors (Lipinski definition) is 0. The van der Waals surface area contributed by atoms with Crippen LogP contribution in [0.2, 0.25) is 0 Å². The molecule has 4 aliphatic rings. The van der Waals surface area contributed by atoms with E-state index in [1.807, 2.05) is 6.92 Å². The van der Waals surface area contributed by atoms with Crippen molar-refractivity contribution in [3.63, 3.8) is 0 Å². The predicted molar refractivity (Wildman–Crippen MR) is 75.5 cm³/mol. The van der Waals surface area contributed by atoms with Crippen LogP contribution >= 0.6 is 0 Å². The fourth-order valence-corrected chi connectivity index (χ4v) is 5.45. The molecule has 4 aliphatic carbocycles. The maximum Gasteiger partial charge on any atom is 0.330 e. The normalized spacial score (nSPS) is 42.8. The van der Waals surface area contributed by atoms with E-state index < -0.39 is 5.60 Å². The molecule has 1 atom stereocenters. The molecule has 0 heterocycles. The summed E-state index contributed by atoms with van der Waals surface area (Å²) >= 11 is 0. The van der Waals surface area contributed by atoms with Crippen LogP contribution < -0.4 is 0 Å². The van der Waals surface area contributed by atoms with Crippen LogP contribution in [0.5, 0.6) is 0 Å². The maximum atomic E-state index is 11.9. The second-order valence-corrected chi connectivity index (χ2v) is 6.87. The van der Waals surface area contributed by atoms with Crippen molar-refractivity contribution in [1.82, 2.24) is 0 Å². The van der Waals surface area contributed by atoms with E-state index in [-0.39, 0.29) is 11.9 Å². The average molecular weight is 273 g/mol. The molecule has 0 radical (unpaired) electrons. The van der Waals surface area contributed by atoms with Crippen LogP contribution in [0.3, 0.4) is 0 Å². The van der Waals surface area contributed by atoms with Crippen LogP contribution in [0.1, 0.15) is 45.4 Å². The van der Waals surface area contributed by atoms with Gasteiger partial charge in [-0.05, 0) is 50.4 Å². The van der Waals surface area contributed by atoms with Crippen LogP contribution in [-0.4, -0.2) is 11.6 Å². The van der Waals surface area contributed by atoms with Crippen LogP contribution in [-0.2, 0) is 9.53 Å². The van der Waals surface area contributed by atoms with Crippen molar-refractivity contribution in [2.24, 2.45) is 29.6 Å². The van der Waals surface area contributed by atoms with Crippen molar-refractivity contribution in [3.8, 4) is 6.07 Å². The number of carbonyl (C=O) groups is 1. The molecule has 20 heavy (non-hydrogen) atoms. The fraction of sp³-hybridized carbons (Fsp3) is 0.765. The van der Waals surface area contributed by atoms with Crippen molar-refractivity contribution < 1.29 is 9.53 Å². The Morgan fingerprint density at radius 2 is 1.90 bits per heavy atom. The van der Waals surface area contributed by atoms with Crippen molar-refractivity contribution in [3.05, 3.63) is 12.7 Å². The minimum absolute atomic E-state index is 0.179. The molecule has 3 nitrogen and oxygen atoms in total. The summed E-state index contributed by atoms with van der Waals surface area (Å²) in [4.78, 5) is 11.9. The average Bonchev–Trinajstić information content (AvgIpc) is 2.44. The van der Waals surface area contributed by atoms with E-state index in [0.29, 0.717) is 11.8 Å². The Labute approximate surface area is 121 Å². The number of carbonyl (C=O) groups excluding carboxylic acids is 1. The van der Waals surface area contributed by atoms with E-state index >= 15 is 0 Å². The number of ether oxygens (including phenoxy) is 1. The highest BCUT2D eigenvalue weighted by molar-refractivity contribution is 5.81. The standard InChI is InChI=1S/C17H23NO2/c1-3-13(10-18)17(20-16(19)4-2)14-6-11-5-12(8-14)9-15(17)7-11/h4,11-15H,2-3,5-9H2,1H3. The van der Waals surface area contributed by atoms with E-state index in [9.17, 15) is 10.1 Å². The zero-order valence-corrected chi connectivity index (χ0v) is 12.2. The molecular weight excluding hydrogens is 250 g/mol. The fourth-order valence-electron chi connectivity index (χ4n) is 5.45. The lowest BCUT2D eigenvalue weighted by Crippen LogP contribution is -2.62. The minimum atomic E-state index is -0.539. The SMILES string of the molecule is C=CC(=O)OC1(C(C#N)CC)C2CC3CC(C2)CC1C3. The van der Waals surface area contributed by atoms with E-state index in [4.69, 9.17) is 4.74 Å². The molecule has 0 amide bonds. The van der Waals surface area contributed by atoms with Crippen LogP contribution in [0.25, 0.3) is 0 Å². The smallest absolute Gasteiger partial charge is 0.330 e. The molecule has 1 unspecified atom stereocenters. The van der Waals surface area contributed by atoms with Crippen LogP contribution in [0.15, 0.2) is 12.7 Å². The van der Waals surface area contributed by atoms with Crippen molar-refractivity contribution in [2.45, 2.75) is 51.0 Å². The Hall–Kier alpha value is -1.30. The summed E-state index contributed by atoms with van der Waals surface area (Å²) < 4.78 is 5.93. The number of nitrogens with zero attached hydrogens (tertiary/aromatic N) is 1. The van der Waals surface area contributed by atoms with Crippen molar-refractivity contribution >= 4 is 5.97 Å². The lowest BCUT2D eigenvalue weighted by Gasteiger charge is -2.61. The van der Waals surface area contributed by atoms with Gasteiger partial charge in [-0.2, -0.15) is 5.26 Å². The van der Waals surface area contributed by atoms with Gasteiger partial charge in [-0.25, -0.2) is 4.79 Å². The van der Waals surface area contributed by atoms with E-state index in [2.05, 4.69) is 12.6 Å². The third-order valence-corrected chi connectivity index (χ3v) is 5.97. The zero-order chi connectivity index (χ0) is 14.3. The molecule has 0 aromatic heterocycles. The molecule has 3 heteroatoms. The summed E-state index contributed by atoms with van der Waals surface area (Å²) in [7, 11) is 0. The second kappa shape index (κ2) is 4.91. The third-order valence-electron chi connectivity index (χ3n) is 5.97. The molecule has 4 rings (SSSR count). The molecule has 0 saturated heterocycles. The van der Waals surface area contributed by atoms with Crippen molar-refractivity contribution in [1.29, 1.82) is 5.26 Å². The van der Waals surface area contributed by atoms with Gasteiger partial charge in [0.1, 0.15) is 5.60 Å². The summed E-state index contributed by atoms with van der Waals surface area (Å²) in [5.74, 6) is 1.82. The van der Waals surface area contributed by atoms with Gasteiger partial charge >= 0.3 is 5.97 Å². The molecule has 4 fully saturated rings.